The van der Waals surface area contributed by atoms with Crippen molar-refractivity contribution in [1.29, 1.82) is 0 Å². The first-order valence-electron chi connectivity index (χ1n) is 5.65. The molecule has 1 heterocycles. The molecule has 17 heavy (non-hydrogen) atoms. The zero-order chi connectivity index (χ0) is 13.1. The fraction of sp³-hybridized carbons (Fsp3) is 0.800. The third-order valence-corrected chi connectivity index (χ3v) is 3.62. The van der Waals surface area contributed by atoms with Gasteiger partial charge in [0, 0.05) is 6.26 Å². The lowest BCUT2D eigenvalue weighted by Crippen LogP contribution is -2.32. The van der Waals surface area contributed by atoms with Gasteiger partial charge in [-0.3, -0.25) is 4.79 Å². The van der Waals surface area contributed by atoms with E-state index in [2.05, 4.69) is 5.10 Å². The molecule has 0 saturated carbocycles. The van der Waals surface area contributed by atoms with Gasteiger partial charge < -0.3 is 5.73 Å². The fourth-order valence-corrected chi connectivity index (χ4v) is 2.29. The maximum atomic E-state index is 11.9. The zero-order valence-electron chi connectivity index (χ0n) is 10.2. The Kier molecular flexibility index (Phi) is 4.64. The van der Waals surface area contributed by atoms with Crippen molar-refractivity contribution in [1.82, 2.24) is 5.01 Å². The lowest BCUT2D eigenvalue weighted by atomic mass is 9.98. The highest BCUT2D eigenvalue weighted by molar-refractivity contribution is 7.90. The number of hydrazone groups is 1. The van der Waals surface area contributed by atoms with Crippen molar-refractivity contribution < 1.29 is 13.2 Å². The smallest absolute Gasteiger partial charge is 0.251 e. The Morgan fingerprint density at radius 2 is 2.12 bits per heavy atom. The van der Waals surface area contributed by atoms with Crippen molar-refractivity contribution in [2.75, 3.05) is 25.1 Å². The zero-order valence-corrected chi connectivity index (χ0v) is 11.0. The lowest BCUT2D eigenvalue weighted by Gasteiger charge is -2.13. The van der Waals surface area contributed by atoms with Gasteiger partial charge in [-0.05, 0) is 19.4 Å². The van der Waals surface area contributed by atoms with E-state index in [1.165, 1.54) is 5.01 Å². The largest absolute Gasteiger partial charge is 0.330 e. The Morgan fingerprint density at radius 1 is 1.47 bits per heavy atom. The van der Waals surface area contributed by atoms with Crippen molar-refractivity contribution in [3.8, 4) is 0 Å². The van der Waals surface area contributed by atoms with Gasteiger partial charge in [0.2, 0.25) is 0 Å². The summed E-state index contributed by atoms with van der Waals surface area (Å²) < 4.78 is 22.1. The van der Waals surface area contributed by atoms with E-state index < -0.39 is 9.84 Å². The summed E-state index contributed by atoms with van der Waals surface area (Å²) in [4.78, 5) is 11.9. The Hall–Kier alpha value is -0.950. The van der Waals surface area contributed by atoms with E-state index in [1.807, 2.05) is 6.92 Å². The van der Waals surface area contributed by atoms with Gasteiger partial charge >= 0.3 is 0 Å². The normalized spacial score (nSPS) is 20.9. The van der Waals surface area contributed by atoms with E-state index in [9.17, 15) is 13.2 Å². The highest BCUT2D eigenvalue weighted by Crippen LogP contribution is 2.20. The summed E-state index contributed by atoms with van der Waals surface area (Å²) in [7, 11) is -3.08. The number of nitrogens with zero attached hydrogens (tertiary/aromatic N) is 2. The van der Waals surface area contributed by atoms with Crippen LogP contribution in [0.1, 0.15) is 19.8 Å². The van der Waals surface area contributed by atoms with E-state index >= 15 is 0 Å². The van der Waals surface area contributed by atoms with Crippen LogP contribution in [-0.2, 0) is 14.6 Å². The standard InChI is InChI=1S/C10H19N3O3S/c1-3-9-8(4-5-11)10(14)13(12-9)6-7-17(2,15)16/h8H,3-7,11H2,1-2H3. The minimum atomic E-state index is -3.08. The van der Waals surface area contributed by atoms with Crippen LogP contribution in [0, 0.1) is 5.92 Å². The monoisotopic (exact) mass is 261 g/mol. The molecule has 1 aliphatic rings. The molecule has 1 amide bonds. The van der Waals surface area contributed by atoms with E-state index in [1.54, 1.807) is 0 Å². The average molecular weight is 261 g/mol. The third-order valence-electron chi connectivity index (χ3n) is 2.70. The number of hydrogen-bond acceptors (Lipinski definition) is 5. The summed E-state index contributed by atoms with van der Waals surface area (Å²) in [6.07, 6.45) is 2.40. The highest BCUT2D eigenvalue weighted by Gasteiger charge is 2.34. The van der Waals surface area contributed by atoms with Gasteiger partial charge in [0.05, 0.1) is 23.9 Å². The van der Waals surface area contributed by atoms with Crippen molar-refractivity contribution in [3.05, 3.63) is 0 Å². The molecule has 0 aliphatic carbocycles. The van der Waals surface area contributed by atoms with Crippen molar-refractivity contribution in [2.24, 2.45) is 16.8 Å². The molecule has 7 heteroatoms. The molecule has 0 aromatic rings. The second-order valence-electron chi connectivity index (χ2n) is 4.17. The molecular formula is C10H19N3O3S. The summed E-state index contributed by atoms with van der Waals surface area (Å²) in [5, 5.41) is 5.44. The van der Waals surface area contributed by atoms with Gasteiger partial charge in [0.15, 0.2) is 0 Å². The van der Waals surface area contributed by atoms with Gasteiger partial charge in [0.1, 0.15) is 9.84 Å². The van der Waals surface area contributed by atoms with E-state index in [4.69, 9.17) is 5.73 Å². The number of hydrogen-bond donors (Lipinski definition) is 1. The van der Waals surface area contributed by atoms with Crippen LogP contribution in [0.4, 0.5) is 0 Å². The van der Waals surface area contributed by atoms with Crippen LogP contribution in [0.15, 0.2) is 5.10 Å². The molecule has 1 atom stereocenters. The van der Waals surface area contributed by atoms with Crippen molar-refractivity contribution in [2.45, 2.75) is 19.8 Å². The van der Waals surface area contributed by atoms with E-state index in [0.717, 1.165) is 12.0 Å². The molecule has 0 saturated heterocycles. The third kappa shape index (κ3) is 3.78. The average Bonchev–Trinajstić information content (AvgIpc) is 2.53. The molecule has 0 radical (unpaired) electrons. The topological polar surface area (TPSA) is 92.8 Å². The Labute approximate surface area is 102 Å². The molecule has 0 fully saturated rings. The molecule has 0 aromatic carbocycles. The van der Waals surface area contributed by atoms with E-state index in [0.29, 0.717) is 19.4 Å². The molecule has 6 nitrogen and oxygen atoms in total. The van der Waals surface area contributed by atoms with Crippen LogP contribution >= 0.6 is 0 Å². The highest BCUT2D eigenvalue weighted by atomic mass is 32.2. The Balaban J connectivity index is 2.70. The number of amides is 1. The Bertz CT molecular complexity index is 417. The van der Waals surface area contributed by atoms with E-state index in [-0.39, 0.29) is 24.1 Å². The first-order valence-corrected chi connectivity index (χ1v) is 7.71. The quantitative estimate of drug-likeness (QED) is 0.704. The first kappa shape index (κ1) is 14.1. The number of sulfone groups is 1. The van der Waals surface area contributed by atoms with Gasteiger partial charge in [0.25, 0.3) is 5.91 Å². The molecule has 0 bridgehead atoms. The summed E-state index contributed by atoms with van der Waals surface area (Å²) in [6.45, 7) is 2.48. The second-order valence-corrected chi connectivity index (χ2v) is 6.43. The number of carbonyl (C=O) groups excluding carboxylic acids is 1. The molecule has 1 rings (SSSR count). The minimum Gasteiger partial charge on any atom is -0.330 e. The van der Waals surface area contributed by atoms with Crippen LogP contribution < -0.4 is 5.73 Å². The predicted octanol–water partition coefficient (Wildman–Crippen LogP) is -0.396. The summed E-state index contributed by atoms with van der Waals surface area (Å²) in [5.74, 6) is -0.449. The maximum Gasteiger partial charge on any atom is 0.251 e. The van der Waals surface area contributed by atoms with Crippen LogP contribution in [0.5, 0.6) is 0 Å². The molecule has 2 N–H and O–H groups in total. The van der Waals surface area contributed by atoms with Gasteiger partial charge in [-0.1, -0.05) is 6.92 Å². The van der Waals surface area contributed by atoms with Crippen LogP contribution in [0.3, 0.4) is 0 Å². The lowest BCUT2D eigenvalue weighted by molar-refractivity contribution is -0.131. The maximum absolute atomic E-state index is 11.9. The van der Waals surface area contributed by atoms with Crippen LogP contribution in [0.25, 0.3) is 0 Å². The van der Waals surface area contributed by atoms with Crippen molar-refractivity contribution in [3.63, 3.8) is 0 Å². The molecule has 0 spiro atoms. The Morgan fingerprint density at radius 3 is 2.59 bits per heavy atom. The van der Waals surface area contributed by atoms with Gasteiger partial charge in [-0.2, -0.15) is 5.10 Å². The minimum absolute atomic E-state index is 0.0609. The summed E-state index contributed by atoms with van der Waals surface area (Å²) in [6, 6.07) is 0. The fourth-order valence-electron chi connectivity index (χ4n) is 1.78. The number of nitrogens with two attached hydrogens (primary N) is 1. The molecule has 0 aromatic heterocycles. The predicted molar refractivity (Wildman–Crippen MR) is 66.3 cm³/mol. The van der Waals surface area contributed by atoms with Gasteiger partial charge in [-0.15, -0.1) is 0 Å². The van der Waals surface area contributed by atoms with Crippen LogP contribution in [0.2, 0.25) is 0 Å². The molecular weight excluding hydrogens is 242 g/mol. The van der Waals surface area contributed by atoms with Gasteiger partial charge in [-0.25, -0.2) is 13.4 Å². The SMILES string of the molecule is CCC1=NN(CCS(C)(=O)=O)C(=O)C1CCN. The molecule has 1 unspecified atom stereocenters. The van der Waals surface area contributed by atoms with Crippen LogP contribution in [-0.4, -0.2) is 50.1 Å². The second kappa shape index (κ2) is 5.59. The summed E-state index contributed by atoms with van der Waals surface area (Å²) in [5.41, 5.74) is 6.25. The molecule has 1 aliphatic heterocycles. The summed E-state index contributed by atoms with van der Waals surface area (Å²) >= 11 is 0. The molecule has 98 valence electrons. The van der Waals surface area contributed by atoms with Crippen molar-refractivity contribution >= 4 is 21.5 Å². The number of carbonyl (C=O) groups is 1. The number of rotatable bonds is 6. The first-order chi connectivity index (χ1) is 7.89.